The number of rotatable bonds is 32. The molecule has 0 bridgehead atoms. The molecule has 0 aromatic heterocycles. The summed E-state index contributed by atoms with van der Waals surface area (Å²) in [6.07, 6.45) is 49.4. The molecule has 0 radical (unpaired) electrons. The van der Waals surface area contributed by atoms with Crippen molar-refractivity contribution in [2.24, 2.45) is 0 Å². The van der Waals surface area contributed by atoms with Crippen LogP contribution >= 0.6 is 0 Å². The fourth-order valence-electron chi connectivity index (χ4n) is 5.98. The molecule has 2 nitrogen and oxygen atoms in total. The van der Waals surface area contributed by atoms with Crippen molar-refractivity contribution in [3.05, 3.63) is 23.3 Å². The van der Waals surface area contributed by atoms with Crippen LogP contribution in [0.25, 0.3) is 0 Å². The molecule has 0 amide bonds. The van der Waals surface area contributed by atoms with Crippen LogP contribution in [0.2, 0.25) is 0 Å². The van der Waals surface area contributed by atoms with Gasteiger partial charge in [0.05, 0.1) is 24.3 Å². The largest absolute Gasteiger partial charge is 0.492 e. The van der Waals surface area contributed by atoms with Crippen molar-refractivity contribution < 1.29 is 9.47 Å². The smallest absolute Gasteiger partial charge is 0.136 e. The first kappa shape index (κ1) is 40.0. The first-order valence-electron chi connectivity index (χ1n) is 19.1. The minimum absolute atomic E-state index is 0.677. The zero-order valence-electron chi connectivity index (χ0n) is 29.3. The monoisotopic (exact) mass is 607 g/mol. The van der Waals surface area contributed by atoms with E-state index in [2.05, 4.69) is 25.7 Å². The summed E-state index contributed by atoms with van der Waals surface area (Å²) in [5, 5.41) is 0. The lowest BCUT2D eigenvalue weighted by Gasteiger charge is -2.13. The van der Waals surface area contributed by atoms with E-state index in [0.717, 1.165) is 24.0 Å². The summed E-state index contributed by atoms with van der Waals surface area (Å²) in [5.41, 5.74) is 1.45. The fourth-order valence-corrected chi connectivity index (χ4v) is 5.98. The lowest BCUT2D eigenvalue weighted by Crippen LogP contribution is -2.03. The first-order chi connectivity index (χ1) is 21.8. The van der Waals surface area contributed by atoms with Crippen molar-refractivity contribution in [1.29, 1.82) is 0 Å². The Morgan fingerprint density at radius 1 is 0.386 bits per heavy atom. The van der Waals surface area contributed by atoms with Gasteiger partial charge in [-0.1, -0.05) is 193 Å². The van der Waals surface area contributed by atoms with E-state index in [4.69, 9.17) is 22.3 Å². The van der Waals surface area contributed by atoms with Gasteiger partial charge in [0, 0.05) is 12.1 Å². The van der Waals surface area contributed by atoms with E-state index in [1.54, 1.807) is 0 Å². The Labute approximate surface area is 275 Å². The normalized spacial score (nSPS) is 10.9. The second-order valence-electron chi connectivity index (χ2n) is 13.0. The molecule has 0 heterocycles. The molecule has 0 unspecified atom stereocenters. The zero-order chi connectivity index (χ0) is 31.8. The van der Waals surface area contributed by atoms with E-state index in [1.165, 1.54) is 167 Å². The summed E-state index contributed by atoms with van der Waals surface area (Å²) in [4.78, 5) is 0. The van der Waals surface area contributed by atoms with Gasteiger partial charge >= 0.3 is 0 Å². The lowest BCUT2D eigenvalue weighted by molar-refractivity contribution is 0.295. The van der Waals surface area contributed by atoms with Crippen LogP contribution in [-0.4, -0.2) is 13.2 Å². The zero-order valence-corrected chi connectivity index (χ0v) is 29.3. The Kier molecular flexibility index (Phi) is 28.1. The van der Waals surface area contributed by atoms with E-state index < -0.39 is 0 Å². The third-order valence-electron chi connectivity index (χ3n) is 8.90. The molecule has 2 heteroatoms. The number of terminal acetylenes is 2. The highest BCUT2D eigenvalue weighted by Crippen LogP contribution is 2.29. The van der Waals surface area contributed by atoms with Crippen molar-refractivity contribution >= 4 is 0 Å². The highest BCUT2D eigenvalue weighted by Gasteiger charge is 2.10. The predicted octanol–water partition coefficient (Wildman–Crippen LogP) is 13.4. The SMILES string of the molecule is C#Cc1cc(OCCCCCCCCCCCCCCCC)c(C#C)cc1OCCCCCCCCCCCCCCCC. The van der Waals surface area contributed by atoms with Gasteiger partial charge < -0.3 is 9.47 Å². The quantitative estimate of drug-likeness (QED) is 0.0600. The van der Waals surface area contributed by atoms with Crippen molar-refractivity contribution in [1.82, 2.24) is 0 Å². The summed E-state index contributed by atoms with van der Waals surface area (Å²) in [7, 11) is 0. The average Bonchev–Trinajstić information content (AvgIpc) is 3.04. The van der Waals surface area contributed by atoms with Crippen LogP contribution in [0, 0.1) is 24.7 Å². The lowest BCUT2D eigenvalue weighted by atomic mass is 10.0. The van der Waals surface area contributed by atoms with Gasteiger partial charge in [0.25, 0.3) is 0 Å². The summed E-state index contributed by atoms with van der Waals surface area (Å²) in [6, 6.07) is 3.78. The van der Waals surface area contributed by atoms with Crippen molar-refractivity contribution in [2.75, 3.05) is 13.2 Å². The maximum atomic E-state index is 6.07. The molecular weight excluding hydrogens is 536 g/mol. The van der Waals surface area contributed by atoms with Gasteiger partial charge in [-0.05, 0) is 12.8 Å². The molecule has 250 valence electrons. The van der Waals surface area contributed by atoms with Gasteiger partial charge in [-0.2, -0.15) is 0 Å². The molecule has 0 spiro atoms. The minimum Gasteiger partial charge on any atom is -0.492 e. The van der Waals surface area contributed by atoms with Crippen molar-refractivity contribution in [2.45, 2.75) is 194 Å². The van der Waals surface area contributed by atoms with E-state index in [-0.39, 0.29) is 0 Å². The van der Waals surface area contributed by atoms with Crippen LogP contribution in [0.1, 0.15) is 205 Å². The second-order valence-corrected chi connectivity index (χ2v) is 13.0. The number of benzene rings is 1. The number of ether oxygens (including phenoxy) is 2. The maximum Gasteiger partial charge on any atom is 0.136 e. The van der Waals surface area contributed by atoms with Crippen LogP contribution in [-0.2, 0) is 0 Å². The second kappa shape index (κ2) is 30.9. The molecule has 0 aliphatic carbocycles. The van der Waals surface area contributed by atoms with Crippen LogP contribution in [0.4, 0.5) is 0 Å². The van der Waals surface area contributed by atoms with Crippen LogP contribution in [0.15, 0.2) is 12.1 Å². The van der Waals surface area contributed by atoms with Crippen LogP contribution in [0.5, 0.6) is 11.5 Å². The first-order valence-corrected chi connectivity index (χ1v) is 19.1. The molecule has 1 aromatic carbocycles. The Hall–Kier alpha value is -2.06. The molecule has 44 heavy (non-hydrogen) atoms. The van der Waals surface area contributed by atoms with Crippen LogP contribution < -0.4 is 9.47 Å². The third kappa shape index (κ3) is 22.4. The molecule has 0 aliphatic rings. The van der Waals surface area contributed by atoms with E-state index in [1.807, 2.05) is 12.1 Å². The Morgan fingerprint density at radius 3 is 0.841 bits per heavy atom. The van der Waals surface area contributed by atoms with Gasteiger partial charge in [0.15, 0.2) is 0 Å². The third-order valence-corrected chi connectivity index (χ3v) is 8.90. The Morgan fingerprint density at radius 2 is 0.614 bits per heavy atom. The Balaban J connectivity index is 2.10. The van der Waals surface area contributed by atoms with Crippen molar-refractivity contribution in [3.8, 4) is 36.2 Å². The summed E-state index contributed by atoms with van der Waals surface area (Å²) < 4.78 is 12.1. The van der Waals surface area contributed by atoms with Crippen molar-refractivity contribution in [3.63, 3.8) is 0 Å². The summed E-state index contributed by atoms with van der Waals surface area (Å²) in [5.74, 6) is 6.95. The minimum atomic E-state index is 0.677. The number of unbranched alkanes of at least 4 members (excludes halogenated alkanes) is 26. The molecule has 0 saturated heterocycles. The molecule has 0 aliphatic heterocycles. The Bertz CT molecular complexity index is 786. The molecule has 1 aromatic rings. The van der Waals surface area contributed by atoms with E-state index in [0.29, 0.717) is 24.7 Å². The number of hydrogen-bond acceptors (Lipinski definition) is 2. The van der Waals surface area contributed by atoms with Gasteiger partial charge in [0.1, 0.15) is 11.5 Å². The molecule has 0 fully saturated rings. The maximum absolute atomic E-state index is 6.07. The average molecular weight is 607 g/mol. The van der Waals surface area contributed by atoms with Crippen LogP contribution in [0.3, 0.4) is 0 Å². The van der Waals surface area contributed by atoms with Gasteiger partial charge in [-0.3, -0.25) is 0 Å². The summed E-state index contributed by atoms with van der Waals surface area (Å²) >= 11 is 0. The van der Waals surface area contributed by atoms with E-state index in [9.17, 15) is 0 Å². The predicted molar refractivity (Wildman–Crippen MR) is 194 cm³/mol. The van der Waals surface area contributed by atoms with Gasteiger partial charge in [-0.15, -0.1) is 12.8 Å². The molecule has 0 atom stereocenters. The summed E-state index contributed by atoms with van der Waals surface area (Å²) in [6.45, 7) is 5.92. The van der Waals surface area contributed by atoms with E-state index >= 15 is 0 Å². The number of hydrogen-bond donors (Lipinski definition) is 0. The molecule has 0 saturated carbocycles. The van der Waals surface area contributed by atoms with Gasteiger partial charge in [-0.25, -0.2) is 0 Å². The highest BCUT2D eigenvalue weighted by molar-refractivity contribution is 5.57. The highest BCUT2D eigenvalue weighted by atomic mass is 16.5. The fraction of sp³-hybridized carbons (Fsp3) is 0.762. The molecular formula is C42H70O2. The standard InChI is InChI=1S/C42H70O2/c1-5-9-11-13-15-17-19-21-23-25-27-29-31-33-35-43-41-37-40(8-4)42(38-39(41)7-3)44-36-34-32-30-28-26-24-22-20-18-16-14-12-10-6-2/h3-4,37-38H,5-6,9-36H2,1-2H3. The topological polar surface area (TPSA) is 18.5 Å². The molecule has 0 N–H and O–H groups in total. The molecule has 1 rings (SSSR count). The van der Waals surface area contributed by atoms with Gasteiger partial charge in [0.2, 0.25) is 0 Å².